The zero-order valence-corrected chi connectivity index (χ0v) is 11.0. The van der Waals surface area contributed by atoms with Crippen LogP contribution >= 0.6 is 0 Å². The Balaban J connectivity index is 2.06. The number of benzene rings is 1. The molecule has 3 nitrogen and oxygen atoms in total. The van der Waals surface area contributed by atoms with Crippen molar-refractivity contribution in [3.05, 3.63) is 29.8 Å². The lowest BCUT2D eigenvalue weighted by Gasteiger charge is -2.35. The molecule has 1 saturated carbocycles. The van der Waals surface area contributed by atoms with Gasteiger partial charge >= 0.3 is 5.97 Å². The summed E-state index contributed by atoms with van der Waals surface area (Å²) < 4.78 is 0. The van der Waals surface area contributed by atoms with E-state index in [1.165, 1.54) is 19.3 Å². The maximum atomic E-state index is 10.8. The van der Waals surface area contributed by atoms with E-state index in [4.69, 9.17) is 5.11 Å². The third kappa shape index (κ3) is 2.84. The number of carbonyl (C=O) groups is 1. The van der Waals surface area contributed by atoms with Crippen molar-refractivity contribution in [1.82, 2.24) is 0 Å². The fourth-order valence-electron chi connectivity index (χ4n) is 2.87. The van der Waals surface area contributed by atoms with Crippen molar-refractivity contribution in [2.45, 2.75) is 39.2 Å². The predicted molar refractivity (Wildman–Crippen MR) is 73.0 cm³/mol. The van der Waals surface area contributed by atoms with Crippen LogP contribution in [0, 0.1) is 11.8 Å². The smallest absolute Gasteiger partial charge is 0.335 e. The highest BCUT2D eigenvalue weighted by Crippen LogP contribution is 2.31. The van der Waals surface area contributed by atoms with Gasteiger partial charge < -0.3 is 10.4 Å². The van der Waals surface area contributed by atoms with Crippen LogP contribution in [0.3, 0.4) is 0 Å². The topological polar surface area (TPSA) is 49.3 Å². The molecule has 0 saturated heterocycles. The van der Waals surface area contributed by atoms with Gasteiger partial charge in [-0.15, -0.1) is 0 Å². The maximum absolute atomic E-state index is 10.8. The summed E-state index contributed by atoms with van der Waals surface area (Å²) in [6.45, 7) is 4.58. The largest absolute Gasteiger partial charge is 0.478 e. The van der Waals surface area contributed by atoms with E-state index in [0.717, 1.165) is 5.69 Å². The molecule has 0 radical (unpaired) electrons. The Morgan fingerprint density at radius 3 is 2.22 bits per heavy atom. The standard InChI is InChI=1S/C15H21NO2/c1-10-4-3-5-11(2)14(10)16-13-8-6-12(7-9-13)15(17)18/h6-11,14,16H,3-5H2,1-2H3,(H,17,18). The molecule has 2 N–H and O–H groups in total. The van der Waals surface area contributed by atoms with Gasteiger partial charge in [0.05, 0.1) is 5.56 Å². The number of carboxylic acid groups (broad SMARTS) is 1. The summed E-state index contributed by atoms with van der Waals surface area (Å²) in [6, 6.07) is 7.52. The molecule has 1 fully saturated rings. The molecule has 0 aromatic heterocycles. The Morgan fingerprint density at radius 1 is 1.17 bits per heavy atom. The van der Waals surface area contributed by atoms with Crippen molar-refractivity contribution < 1.29 is 9.90 Å². The van der Waals surface area contributed by atoms with Gasteiger partial charge in [-0.1, -0.05) is 20.3 Å². The van der Waals surface area contributed by atoms with Gasteiger partial charge in [0.15, 0.2) is 0 Å². The second-order valence-corrected chi connectivity index (χ2v) is 5.44. The van der Waals surface area contributed by atoms with E-state index in [1.54, 1.807) is 12.1 Å². The summed E-state index contributed by atoms with van der Waals surface area (Å²) >= 11 is 0. The average Bonchev–Trinajstić information content (AvgIpc) is 2.34. The Morgan fingerprint density at radius 2 is 1.72 bits per heavy atom. The van der Waals surface area contributed by atoms with Crippen LogP contribution in [0.1, 0.15) is 43.5 Å². The number of rotatable bonds is 3. The van der Waals surface area contributed by atoms with E-state index < -0.39 is 5.97 Å². The molecule has 1 aliphatic carbocycles. The molecule has 2 atom stereocenters. The highest BCUT2D eigenvalue weighted by atomic mass is 16.4. The number of nitrogens with one attached hydrogen (secondary N) is 1. The highest BCUT2D eigenvalue weighted by molar-refractivity contribution is 5.88. The van der Waals surface area contributed by atoms with Crippen molar-refractivity contribution in [2.24, 2.45) is 11.8 Å². The summed E-state index contributed by atoms with van der Waals surface area (Å²) in [5.41, 5.74) is 1.36. The van der Waals surface area contributed by atoms with Crippen LogP contribution in [0.2, 0.25) is 0 Å². The Kier molecular flexibility index (Phi) is 3.90. The Hall–Kier alpha value is -1.51. The first kappa shape index (κ1) is 12.9. The van der Waals surface area contributed by atoms with Gasteiger partial charge in [0, 0.05) is 11.7 Å². The van der Waals surface area contributed by atoms with Crippen molar-refractivity contribution in [3.8, 4) is 0 Å². The zero-order valence-electron chi connectivity index (χ0n) is 11.0. The minimum absolute atomic E-state index is 0.338. The Labute approximate surface area is 108 Å². The van der Waals surface area contributed by atoms with Crippen molar-refractivity contribution in [3.63, 3.8) is 0 Å². The van der Waals surface area contributed by atoms with Gasteiger partial charge in [0.2, 0.25) is 0 Å². The number of aromatic carboxylic acids is 1. The van der Waals surface area contributed by atoms with E-state index >= 15 is 0 Å². The first-order valence-electron chi connectivity index (χ1n) is 6.68. The lowest BCUT2D eigenvalue weighted by Crippen LogP contribution is -2.37. The maximum Gasteiger partial charge on any atom is 0.335 e. The first-order chi connectivity index (χ1) is 8.58. The number of carboxylic acids is 1. The van der Waals surface area contributed by atoms with Crippen LogP contribution < -0.4 is 5.32 Å². The van der Waals surface area contributed by atoms with Gasteiger partial charge in [-0.05, 0) is 48.9 Å². The Bertz CT molecular complexity index is 403. The average molecular weight is 247 g/mol. The van der Waals surface area contributed by atoms with Crippen LogP contribution in [0.4, 0.5) is 5.69 Å². The first-order valence-corrected chi connectivity index (χ1v) is 6.68. The lowest BCUT2D eigenvalue weighted by atomic mass is 9.78. The van der Waals surface area contributed by atoms with E-state index in [9.17, 15) is 4.79 Å². The summed E-state index contributed by atoms with van der Waals surface area (Å²) in [5, 5.41) is 12.4. The molecule has 0 aliphatic heterocycles. The molecule has 1 aromatic carbocycles. The van der Waals surface area contributed by atoms with Gasteiger partial charge in [0.1, 0.15) is 0 Å². The molecule has 2 rings (SSSR count). The molecule has 0 spiro atoms. The van der Waals surface area contributed by atoms with E-state index in [1.807, 2.05) is 12.1 Å². The van der Waals surface area contributed by atoms with Gasteiger partial charge in [0.25, 0.3) is 0 Å². The minimum atomic E-state index is -0.874. The van der Waals surface area contributed by atoms with Crippen LogP contribution in [-0.4, -0.2) is 17.1 Å². The summed E-state index contributed by atoms with van der Waals surface area (Å²) in [5.74, 6) is 0.474. The van der Waals surface area contributed by atoms with Gasteiger partial charge in [-0.3, -0.25) is 0 Å². The highest BCUT2D eigenvalue weighted by Gasteiger charge is 2.27. The lowest BCUT2D eigenvalue weighted by molar-refractivity contribution is 0.0697. The number of anilines is 1. The van der Waals surface area contributed by atoms with Crippen LogP contribution in [0.25, 0.3) is 0 Å². The fraction of sp³-hybridized carbons (Fsp3) is 0.533. The molecule has 0 heterocycles. The molecule has 18 heavy (non-hydrogen) atoms. The normalized spacial score (nSPS) is 27.8. The summed E-state index contributed by atoms with van der Waals surface area (Å²) in [6.07, 6.45) is 3.86. The monoisotopic (exact) mass is 247 g/mol. The summed E-state index contributed by atoms with van der Waals surface area (Å²) in [4.78, 5) is 10.8. The third-order valence-corrected chi connectivity index (χ3v) is 4.01. The van der Waals surface area contributed by atoms with Gasteiger partial charge in [-0.2, -0.15) is 0 Å². The van der Waals surface area contributed by atoms with E-state index in [-0.39, 0.29) is 0 Å². The quantitative estimate of drug-likeness (QED) is 0.857. The van der Waals surface area contributed by atoms with Crippen molar-refractivity contribution in [2.75, 3.05) is 5.32 Å². The molecule has 0 amide bonds. The molecule has 2 unspecified atom stereocenters. The molecule has 1 aliphatic rings. The predicted octanol–water partition coefficient (Wildman–Crippen LogP) is 3.62. The molecular weight excluding hydrogens is 226 g/mol. The van der Waals surface area contributed by atoms with Gasteiger partial charge in [-0.25, -0.2) is 4.79 Å². The second-order valence-electron chi connectivity index (χ2n) is 5.44. The van der Waals surface area contributed by atoms with Crippen molar-refractivity contribution in [1.29, 1.82) is 0 Å². The zero-order chi connectivity index (χ0) is 13.1. The molecular formula is C15H21NO2. The minimum Gasteiger partial charge on any atom is -0.478 e. The number of hydrogen-bond acceptors (Lipinski definition) is 2. The van der Waals surface area contributed by atoms with E-state index in [0.29, 0.717) is 23.4 Å². The third-order valence-electron chi connectivity index (χ3n) is 4.01. The van der Waals surface area contributed by atoms with Crippen LogP contribution in [0.5, 0.6) is 0 Å². The summed E-state index contributed by atoms with van der Waals surface area (Å²) in [7, 11) is 0. The van der Waals surface area contributed by atoms with Crippen LogP contribution in [-0.2, 0) is 0 Å². The molecule has 0 bridgehead atoms. The molecule has 1 aromatic rings. The van der Waals surface area contributed by atoms with Crippen molar-refractivity contribution >= 4 is 11.7 Å². The molecule has 3 heteroatoms. The second kappa shape index (κ2) is 5.42. The molecule has 98 valence electrons. The SMILES string of the molecule is CC1CCCC(C)C1Nc1ccc(C(=O)O)cc1. The fourth-order valence-corrected chi connectivity index (χ4v) is 2.87. The number of hydrogen-bond donors (Lipinski definition) is 2. The van der Waals surface area contributed by atoms with Crippen LogP contribution in [0.15, 0.2) is 24.3 Å². The van der Waals surface area contributed by atoms with E-state index in [2.05, 4.69) is 19.2 Å².